The SMILES string of the molecule is Cc1cc(S(=O)(=O)NCc2cccs2)cc([N+](=O)[O-])c1C. The second-order valence-corrected chi connectivity index (χ2v) is 7.34. The number of sulfonamides is 1. The highest BCUT2D eigenvalue weighted by atomic mass is 32.2. The quantitative estimate of drug-likeness (QED) is 0.676. The van der Waals surface area contributed by atoms with Crippen molar-refractivity contribution in [1.82, 2.24) is 4.72 Å². The standard InChI is InChI=1S/C13H14N2O4S2/c1-9-6-12(7-13(10(9)2)15(16)17)21(18,19)14-8-11-4-3-5-20-11/h3-7,14H,8H2,1-2H3. The average Bonchev–Trinajstić information content (AvgIpc) is 2.92. The lowest BCUT2D eigenvalue weighted by atomic mass is 10.1. The molecule has 112 valence electrons. The van der Waals surface area contributed by atoms with Gasteiger partial charge in [-0.25, -0.2) is 13.1 Å². The van der Waals surface area contributed by atoms with Crippen LogP contribution in [0.1, 0.15) is 16.0 Å². The fourth-order valence-corrected chi connectivity index (χ4v) is 3.66. The van der Waals surface area contributed by atoms with Crippen LogP contribution in [-0.4, -0.2) is 13.3 Å². The molecule has 0 radical (unpaired) electrons. The minimum Gasteiger partial charge on any atom is -0.258 e. The van der Waals surface area contributed by atoms with Gasteiger partial charge in [0, 0.05) is 23.1 Å². The van der Waals surface area contributed by atoms with E-state index in [4.69, 9.17) is 0 Å². The predicted molar refractivity (Wildman–Crippen MR) is 80.9 cm³/mol. The number of aryl methyl sites for hydroxylation is 1. The van der Waals surface area contributed by atoms with Crippen molar-refractivity contribution in [1.29, 1.82) is 0 Å². The lowest BCUT2D eigenvalue weighted by Crippen LogP contribution is -2.23. The van der Waals surface area contributed by atoms with Gasteiger partial charge in [-0.2, -0.15) is 0 Å². The maximum absolute atomic E-state index is 12.2. The van der Waals surface area contributed by atoms with Gasteiger partial charge < -0.3 is 0 Å². The molecule has 1 aromatic carbocycles. The van der Waals surface area contributed by atoms with Crippen molar-refractivity contribution in [3.63, 3.8) is 0 Å². The molecule has 0 amide bonds. The number of hydrogen-bond acceptors (Lipinski definition) is 5. The Morgan fingerprint density at radius 1 is 1.33 bits per heavy atom. The first-order valence-corrected chi connectivity index (χ1v) is 8.45. The van der Waals surface area contributed by atoms with E-state index in [1.165, 1.54) is 17.4 Å². The van der Waals surface area contributed by atoms with Crippen LogP contribution in [0.2, 0.25) is 0 Å². The monoisotopic (exact) mass is 326 g/mol. The van der Waals surface area contributed by atoms with Crippen LogP contribution in [-0.2, 0) is 16.6 Å². The van der Waals surface area contributed by atoms with Crippen LogP contribution in [0.5, 0.6) is 0 Å². The van der Waals surface area contributed by atoms with Crippen LogP contribution in [0.3, 0.4) is 0 Å². The normalized spacial score (nSPS) is 11.5. The Hall–Kier alpha value is -1.77. The van der Waals surface area contributed by atoms with Crippen molar-refractivity contribution in [2.75, 3.05) is 0 Å². The van der Waals surface area contributed by atoms with E-state index in [9.17, 15) is 18.5 Å². The van der Waals surface area contributed by atoms with Gasteiger partial charge in [-0.15, -0.1) is 11.3 Å². The summed E-state index contributed by atoms with van der Waals surface area (Å²) in [7, 11) is -3.78. The lowest BCUT2D eigenvalue weighted by Gasteiger charge is -2.08. The van der Waals surface area contributed by atoms with Crippen molar-refractivity contribution in [3.8, 4) is 0 Å². The molecule has 1 heterocycles. The molecule has 0 bridgehead atoms. The third kappa shape index (κ3) is 3.46. The summed E-state index contributed by atoms with van der Waals surface area (Å²) in [5.74, 6) is 0. The highest BCUT2D eigenvalue weighted by Gasteiger charge is 2.21. The average molecular weight is 326 g/mol. The molecule has 0 unspecified atom stereocenters. The lowest BCUT2D eigenvalue weighted by molar-refractivity contribution is -0.385. The number of benzene rings is 1. The van der Waals surface area contributed by atoms with Crippen LogP contribution in [0.4, 0.5) is 5.69 Å². The van der Waals surface area contributed by atoms with Gasteiger partial charge in [-0.05, 0) is 36.9 Å². The number of rotatable bonds is 5. The summed E-state index contributed by atoms with van der Waals surface area (Å²) in [6, 6.07) is 6.18. The molecule has 21 heavy (non-hydrogen) atoms. The van der Waals surface area contributed by atoms with Gasteiger partial charge in [-0.3, -0.25) is 10.1 Å². The Bertz CT molecular complexity index is 768. The van der Waals surface area contributed by atoms with Crippen LogP contribution in [0, 0.1) is 24.0 Å². The fraction of sp³-hybridized carbons (Fsp3) is 0.231. The molecular weight excluding hydrogens is 312 g/mol. The Morgan fingerprint density at radius 2 is 2.05 bits per heavy atom. The molecule has 0 spiro atoms. The number of hydrogen-bond donors (Lipinski definition) is 1. The Kier molecular flexibility index (Phi) is 4.40. The molecule has 0 saturated heterocycles. The molecule has 0 fully saturated rings. The van der Waals surface area contributed by atoms with E-state index >= 15 is 0 Å². The highest BCUT2D eigenvalue weighted by Crippen LogP contribution is 2.26. The van der Waals surface area contributed by atoms with Crippen molar-refractivity contribution in [2.45, 2.75) is 25.3 Å². The van der Waals surface area contributed by atoms with E-state index in [0.717, 1.165) is 10.9 Å². The highest BCUT2D eigenvalue weighted by molar-refractivity contribution is 7.89. The number of nitrogens with zero attached hydrogens (tertiary/aromatic N) is 1. The van der Waals surface area contributed by atoms with Gasteiger partial charge in [0.2, 0.25) is 10.0 Å². The van der Waals surface area contributed by atoms with Crippen molar-refractivity contribution < 1.29 is 13.3 Å². The van der Waals surface area contributed by atoms with Gasteiger partial charge >= 0.3 is 0 Å². The maximum atomic E-state index is 12.2. The van der Waals surface area contributed by atoms with Crippen molar-refractivity contribution in [3.05, 3.63) is 55.8 Å². The molecule has 0 aliphatic carbocycles. The summed E-state index contributed by atoms with van der Waals surface area (Å²) in [5, 5.41) is 12.8. The third-order valence-electron chi connectivity index (χ3n) is 3.14. The summed E-state index contributed by atoms with van der Waals surface area (Å²) in [6.07, 6.45) is 0. The van der Waals surface area contributed by atoms with Gasteiger partial charge in [-0.1, -0.05) is 6.07 Å². The van der Waals surface area contributed by atoms with Crippen LogP contribution < -0.4 is 4.72 Å². The minimum atomic E-state index is -3.78. The van der Waals surface area contributed by atoms with Gasteiger partial charge in [0.25, 0.3) is 5.69 Å². The Labute approximate surface area is 126 Å². The molecule has 0 aliphatic heterocycles. The fourth-order valence-electron chi connectivity index (χ4n) is 1.82. The first-order chi connectivity index (χ1) is 9.81. The number of nitrogens with one attached hydrogen (secondary N) is 1. The van der Waals surface area contributed by atoms with Crippen LogP contribution in [0.25, 0.3) is 0 Å². The van der Waals surface area contributed by atoms with Crippen LogP contribution >= 0.6 is 11.3 Å². The molecule has 0 aliphatic rings. The maximum Gasteiger partial charge on any atom is 0.273 e. The minimum absolute atomic E-state index is 0.0890. The largest absolute Gasteiger partial charge is 0.273 e. The molecule has 0 atom stereocenters. The number of nitro groups is 1. The van der Waals surface area contributed by atoms with Crippen molar-refractivity contribution in [2.24, 2.45) is 0 Å². The zero-order valence-corrected chi connectivity index (χ0v) is 13.1. The molecule has 1 aromatic heterocycles. The first-order valence-electron chi connectivity index (χ1n) is 6.09. The molecule has 8 heteroatoms. The summed E-state index contributed by atoms with van der Waals surface area (Å²) < 4.78 is 26.9. The Morgan fingerprint density at radius 3 is 2.62 bits per heavy atom. The summed E-state index contributed by atoms with van der Waals surface area (Å²) in [5.41, 5.74) is 0.851. The molecule has 1 N–H and O–H groups in total. The van der Waals surface area contributed by atoms with E-state index in [0.29, 0.717) is 11.1 Å². The number of nitro benzene ring substituents is 1. The van der Waals surface area contributed by atoms with Crippen molar-refractivity contribution >= 4 is 27.0 Å². The van der Waals surface area contributed by atoms with E-state index in [1.54, 1.807) is 13.8 Å². The van der Waals surface area contributed by atoms with E-state index < -0.39 is 14.9 Å². The van der Waals surface area contributed by atoms with E-state index in [-0.39, 0.29) is 17.1 Å². The second-order valence-electron chi connectivity index (χ2n) is 4.55. The molecule has 6 nitrogen and oxygen atoms in total. The summed E-state index contributed by atoms with van der Waals surface area (Å²) in [6.45, 7) is 3.42. The zero-order chi connectivity index (χ0) is 15.6. The molecule has 2 rings (SSSR count). The van der Waals surface area contributed by atoms with Gasteiger partial charge in [0.1, 0.15) is 0 Å². The second kappa shape index (κ2) is 5.92. The predicted octanol–water partition coefficient (Wildman–Crippen LogP) is 2.75. The van der Waals surface area contributed by atoms with Gasteiger partial charge in [0.15, 0.2) is 0 Å². The first kappa shape index (κ1) is 15.6. The molecular formula is C13H14N2O4S2. The third-order valence-corrected chi connectivity index (χ3v) is 5.39. The smallest absolute Gasteiger partial charge is 0.258 e. The Balaban J connectivity index is 2.33. The summed E-state index contributed by atoms with van der Waals surface area (Å²) >= 11 is 1.44. The van der Waals surface area contributed by atoms with E-state index in [2.05, 4.69) is 4.72 Å². The zero-order valence-electron chi connectivity index (χ0n) is 11.5. The van der Waals surface area contributed by atoms with Gasteiger partial charge in [0.05, 0.1) is 9.82 Å². The topological polar surface area (TPSA) is 89.3 Å². The van der Waals surface area contributed by atoms with Crippen LogP contribution in [0.15, 0.2) is 34.5 Å². The molecule has 2 aromatic rings. The summed E-state index contributed by atoms with van der Waals surface area (Å²) in [4.78, 5) is 11.2. The van der Waals surface area contributed by atoms with E-state index in [1.807, 2.05) is 17.5 Å². The molecule has 0 saturated carbocycles. The number of thiophene rings is 1.